The van der Waals surface area contributed by atoms with Crippen molar-refractivity contribution in [2.75, 3.05) is 11.9 Å². The van der Waals surface area contributed by atoms with Crippen molar-refractivity contribution >= 4 is 35.6 Å². The average molecular weight is 479 g/mol. The number of nitrogens with zero attached hydrogens (tertiary/aromatic N) is 3. The number of aliphatic imine (C=N–C) groups is 1. The molecule has 0 spiro atoms. The van der Waals surface area contributed by atoms with Gasteiger partial charge in [0.1, 0.15) is 5.82 Å². The zero-order valence-corrected chi connectivity index (χ0v) is 17.4. The molecule has 3 N–H and O–H groups in total. The lowest BCUT2D eigenvalue weighted by atomic mass is 10.1. The van der Waals surface area contributed by atoms with E-state index in [0.29, 0.717) is 18.9 Å². The lowest BCUT2D eigenvalue weighted by molar-refractivity contribution is 0.627. The highest BCUT2D eigenvalue weighted by atomic mass is 127. The van der Waals surface area contributed by atoms with E-state index in [4.69, 9.17) is 5.73 Å². The van der Waals surface area contributed by atoms with Crippen LogP contribution in [0.5, 0.6) is 0 Å². The highest BCUT2D eigenvalue weighted by molar-refractivity contribution is 14.0. The fourth-order valence-electron chi connectivity index (χ4n) is 2.58. The minimum atomic E-state index is -0.261. The van der Waals surface area contributed by atoms with Crippen LogP contribution in [0.2, 0.25) is 0 Å². The first kappa shape index (κ1) is 20.9. The number of anilines is 1. The number of benzene rings is 2. The summed E-state index contributed by atoms with van der Waals surface area (Å²) in [5.41, 5.74) is 9.85. The molecule has 0 saturated carbocycles. The van der Waals surface area contributed by atoms with Crippen molar-refractivity contribution in [2.24, 2.45) is 10.7 Å². The summed E-state index contributed by atoms with van der Waals surface area (Å²) in [6, 6.07) is 16.2. The van der Waals surface area contributed by atoms with Gasteiger partial charge < -0.3 is 11.1 Å². The third-order valence-electron chi connectivity index (χ3n) is 3.99. The zero-order valence-electron chi connectivity index (χ0n) is 15.1. The maximum Gasteiger partial charge on any atom is 0.193 e. The molecular formula is C20H23FIN5. The smallest absolute Gasteiger partial charge is 0.193 e. The Balaban J connectivity index is 0.00000261. The van der Waals surface area contributed by atoms with Gasteiger partial charge in [-0.1, -0.05) is 19.1 Å². The Kier molecular flexibility index (Phi) is 7.78. The summed E-state index contributed by atoms with van der Waals surface area (Å²) in [6.07, 6.45) is 3.50. The first-order chi connectivity index (χ1) is 12.6. The van der Waals surface area contributed by atoms with Gasteiger partial charge in [0.05, 0.1) is 11.4 Å². The van der Waals surface area contributed by atoms with Gasteiger partial charge in [0.25, 0.3) is 0 Å². The first-order valence-corrected chi connectivity index (χ1v) is 8.60. The number of aryl methyl sites for hydroxylation is 1. The van der Waals surface area contributed by atoms with Crippen LogP contribution in [0.1, 0.15) is 18.2 Å². The second-order valence-electron chi connectivity index (χ2n) is 5.92. The fourth-order valence-corrected chi connectivity index (χ4v) is 2.58. The van der Waals surface area contributed by atoms with E-state index in [0.717, 1.165) is 23.5 Å². The Morgan fingerprint density at radius 3 is 2.70 bits per heavy atom. The standard InChI is InChI=1S/C20H22FN5.HI/c1-2-15-4-3-5-18(14-15)24-20(22)23-12-10-17-11-13-26(25-17)19-8-6-16(21)7-9-19;/h3-9,11,13-14H,2,10,12H2,1H3,(H3,22,23,24);1H. The van der Waals surface area contributed by atoms with Crippen molar-refractivity contribution in [1.82, 2.24) is 9.78 Å². The summed E-state index contributed by atoms with van der Waals surface area (Å²) in [5.74, 6) is 0.124. The van der Waals surface area contributed by atoms with Crippen LogP contribution >= 0.6 is 24.0 Å². The van der Waals surface area contributed by atoms with Crippen LogP contribution in [0.15, 0.2) is 65.8 Å². The van der Waals surface area contributed by atoms with Gasteiger partial charge in [-0.2, -0.15) is 5.10 Å². The molecule has 1 aromatic heterocycles. The first-order valence-electron chi connectivity index (χ1n) is 8.60. The van der Waals surface area contributed by atoms with Gasteiger partial charge in [0, 0.05) is 24.8 Å². The summed E-state index contributed by atoms with van der Waals surface area (Å²) in [4.78, 5) is 4.35. The minimum Gasteiger partial charge on any atom is -0.370 e. The van der Waals surface area contributed by atoms with Crippen LogP contribution in [-0.2, 0) is 12.8 Å². The normalized spacial score (nSPS) is 11.1. The molecule has 0 unspecified atom stereocenters. The van der Waals surface area contributed by atoms with Gasteiger partial charge in [-0.05, 0) is 54.4 Å². The number of nitrogens with two attached hydrogens (primary N) is 1. The highest BCUT2D eigenvalue weighted by Gasteiger charge is 2.02. The maximum absolute atomic E-state index is 13.0. The Bertz CT molecular complexity index is 889. The molecule has 7 heteroatoms. The lowest BCUT2D eigenvalue weighted by Crippen LogP contribution is -2.23. The van der Waals surface area contributed by atoms with Gasteiger partial charge >= 0.3 is 0 Å². The van der Waals surface area contributed by atoms with Crippen LogP contribution < -0.4 is 11.1 Å². The lowest BCUT2D eigenvalue weighted by Gasteiger charge is -2.07. The molecule has 2 aromatic carbocycles. The second kappa shape index (κ2) is 10.1. The molecule has 3 aromatic rings. The van der Waals surface area contributed by atoms with E-state index in [9.17, 15) is 4.39 Å². The van der Waals surface area contributed by atoms with Crippen molar-refractivity contribution in [2.45, 2.75) is 19.8 Å². The summed E-state index contributed by atoms with van der Waals surface area (Å²) in [6.45, 7) is 2.65. The topological polar surface area (TPSA) is 68.2 Å². The SMILES string of the molecule is CCc1cccc(NC(N)=NCCc2ccn(-c3ccc(F)cc3)n2)c1.I. The number of halogens is 2. The highest BCUT2D eigenvalue weighted by Crippen LogP contribution is 2.11. The molecule has 5 nitrogen and oxygen atoms in total. The maximum atomic E-state index is 13.0. The molecule has 0 aliphatic carbocycles. The summed E-state index contributed by atoms with van der Waals surface area (Å²) in [5, 5.41) is 7.58. The van der Waals surface area contributed by atoms with Crippen molar-refractivity contribution in [3.05, 3.63) is 77.9 Å². The number of hydrogen-bond donors (Lipinski definition) is 2. The van der Waals surface area contributed by atoms with E-state index < -0.39 is 0 Å². The summed E-state index contributed by atoms with van der Waals surface area (Å²) >= 11 is 0. The van der Waals surface area contributed by atoms with Gasteiger partial charge in [-0.3, -0.25) is 4.99 Å². The number of guanidine groups is 1. The molecule has 0 aliphatic rings. The van der Waals surface area contributed by atoms with E-state index in [2.05, 4.69) is 34.5 Å². The third kappa shape index (κ3) is 6.06. The quantitative estimate of drug-likeness (QED) is 0.317. The van der Waals surface area contributed by atoms with Gasteiger partial charge in [0.15, 0.2) is 5.96 Å². The van der Waals surface area contributed by atoms with Gasteiger partial charge in [0.2, 0.25) is 0 Å². The molecule has 3 rings (SSSR count). The molecule has 0 amide bonds. The van der Waals surface area contributed by atoms with Crippen molar-refractivity contribution < 1.29 is 4.39 Å². The van der Waals surface area contributed by atoms with Gasteiger partial charge in [-0.25, -0.2) is 9.07 Å². The van der Waals surface area contributed by atoms with Crippen LogP contribution in [-0.4, -0.2) is 22.3 Å². The molecule has 27 heavy (non-hydrogen) atoms. The third-order valence-corrected chi connectivity index (χ3v) is 3.99. The Morgan fingerprint density at radius 1 is 1.19 bits per heavy atom. The average Bonchev–Trinajstić information content (AvgIpc) is 3.11. The number of aromatic nitrogens is 2. The van der Waals surface area contributed by atoms with E-state index in [1.54, 1.807) is 16.8 Å². The summed E-state index contributed by atoms with van der Waals surface area (Å²) < 4.78 is 14.7. The van der Waals surface area contributed by atoms with E-state index in [1.165, 1.54) is 17.7 Å². The number of nitrogens with one attached hydrogen (secondary N) is 1. The zero-order chi connectivity index (χ0) is 18.4. The number of hydrogen-bond acceptors (Lipinski definition) is 2. The van der Waals surface area contributed by atoms with Crippen LogP contribution in [0.3, 0.4) is 0 Å². The van der Waals surface area contributed by atoms with Crippen molar-refractivity contribution in [3.8, 4) is 5.69 Å². The fraction of sp³-hybridized carbons (Fsp3) is 0.200. The van der Waals surface area contributed by atoms with E-state index >= 15 is 0 Å². The van der Waals surface area contributed by atoms with Crippen molar-refractivity contribution in [3.63, 3.8) is 0 Å². The number of rotatable bonds is 6. The molecule has 0 atom stereocenters. The van der Waals surface area contributed by atoms with E-state index in [-0.39, 0.29) is 29.8 Å². The van der Waals surface area contributed by atoms with E-state index in [1.807, 2.05) is 24.4 Å². The largest absolute Gasteiger partial charge is 0.370 e. The molecule has 0 fully saturated rings. The van der Waals surface area contributed by atoms with Crippen LogP contribution in [0.25, 0.3) is 5.69 Å². The predicted molar refractivity (Wildman–Crippen MR) is 119 cm³/mol. The minimum absolute atomic E-state index is 0. The molecular weight excluding hydrogens is 456 g/mol. The van der Waals surface area contributed by atoms with Crippen LogP contribution in [0.4, 0.5) is 10.1 Å². The Hall–Kier alpha value is -2.42. The second-order valence-corrected chi connectivity index (χ2v) is 5.92. The monoisotopic (exact) mass is 479 g/mol. The molecule has 0 saturated heterocycles. The Morgan fingerprint density at radius 2 is 1.96 bits per heavy atom. The Labute approximate surface area is 175 Å². The van der Waals surface area contributed by atoms with Gasteiger partial charge in [-0.15, -0.1) is 24.0 Å². The van der Waals surface area contributed by atoms with Crippen LogP contribution in [0, 0.1) is 5.82 Å². The molecule has 0 aliphatic heterocycles. The summed E-state index contributed by atoms with van der Waals surface area (Å²) in [7, 11) is 0. The molecule has 142 valence electrons. The molecule has 0 radical (unpaired) electrons. The molecule has 1 heterocycles. The predicted octanol–water partition coefficient (Wildman–Crippen LogP) is 4.16. The molecule has 0 bridgehead atoms. The van der Waals surface area contributed by atoms with Crippen molar-refractivity contribution in [1.29, 1.82) is 0 Å².